The van der Waals surface area contributed by atoms with Crippen LogP contribution in [0.2, 0.25) is 0 Å². The second-order valence-corrected chi connectivity index (χ2v) is 11.0. The first-order valence-electron chi connectivity index (χ1n) is 10.6. The van der Waals surface area contributed by atoms with Crippen LogP contribution in [0, 0.1) is 5.82 Å². The van der Waals surface area contributed by atoms with Crippen molar-refractivity contribution in [1.29, 1.82) is 0 Å². The van der Waals surface area contributed by atoms with Crippen LogP contribution in [0.15, 0.2) is 41.3 Å². The first-order valence-corrected chi connectivity index (χ1v) is 13.1. The van der Waals surface area contributed by atoms with E-state index in [0.717, 1.165) is 23.4 Å². The van der Waals surface area contributed by atoms with Crippen molar-refractivity contribution < 1.29 is 27.1 Å². The van der Waals surface area contributed by atoms with Gasteiger partial charge in [0.2, 0.25) is 5.91 Å². The van der Waals surface area contributed by atoms with Gasteiger partial charge in [0.15, 0.2) is 15.0 Å². The predicted molar refractivity (Wildman–Crippen MR) is 139 cm³/mol. The number of ether oxygens (including phenoxy) is 2. The van der Waals surface area contributed by atoms with Gasteiger partial charge in [-0.2, -0.15) is 0 Å². The van der Waals surface area contributed by atoms with Crippen LogP contribution in [0.25, 0.3) is 10.2 Å². The molecule has 0 atom stereocenters. The zero-order valence-corrected chi connectivity index (χ0v) is 22.4. The van der Waals surface area contributed by atoms with E-state index >= 15 is 0 Å². The average molecular weight is 546 g/mol. The Kier molecular flexibility index (Phi) is 10.3. The highest BCUT2D eigenvalue weighted by Gasteiger charge is 2.25. The van der Waals surface area contributed by atoms with Crippen molar-refractivity contribution in [2.45, 2.75) is 17.7 Å². The van der Waals surface area contributed by atoms with Gasteiger partial charge in [-0.15, -0.1) is 12.4 Å². The predicted octanol–water partition coefficient (Wildman–Crippen LogP) is 4.02. The van der Waals surface area contributed by atoms with Crippen LogP contribution < -0.4 is 14.4 Å². The Bertz CT molecular complexity index is 1210. The quantitative estimate of drug-likeness (QED) is 0.336. The van der Waals surface area contributed by atoms with Crippen LogP contribution in [0.4, 0.5) is 9.52 Å². The van der Waals surface area contributed by atoms with Gasteiger partial charge in [0.25, 0.3) is 0 Å². The first-order chi connectivity index (χ1) is 16.2. The van der Waals surface area contributed by atoms with Crippen LogP contribution >= 0.6 is 23.7 Å². The van der Waals surface area contributed by atoms with E-state index < -0.39 is 15.7 Å². The van der Waals surface area contributed by atoms with Gasteiger partial charge >= 0.3 is 0 Å². The molecule has 0 radical (unpaired) electrons. The molecule has 0 unspecified atom stereocenters. The molecule has 3 aromatic rings. The molecule has 0 fully saturated rings. The molecule has 0 aliphatic rings. The summed E-state index contributed by atoms with van der Waals surface area (Å²) in [7, 11) is 3.23. The molecule has 0 N–H and O–H groups in total. The Morgan fingerprint density at radius 1 is 1.03 bits per heavy atom. The molecule has 12 heteroatoms. The Balaban J connectivity index is 0.00000432. The molecule has 192 valence electrons. The second-order valence-electron chi connectivity index (χ2n) is 7.87. The minimum Gasteiger partial charge on any atom is -0.495 e. The zero-order chi connectivity index (χ0) is 24.9. The Morgan fingerprint density at radius 2 is 1.66 bits per heavy atom. The van der Waals surface area contributed by atoms with Crippen molar-refractivity contribution in [3.63, 3.8) is 0 Å². The lowest BCUT2D eigenvalue weighted by Gasteiger charge is -2.21. The molecule has 3 rings (SSSR count). The molecule has 35 heavy (non-hydrogen) atoms. The maximum atomic E-state index is 13.2. The standard InChI is InChI=1S/C23H28FN3O5S2.ClH/c1-26(2)13-5-14-27(20(28)12-15-34(29,30)17-8-6-16(24)7-9-17)23-25-21-18(31-3)10-11-19(32-4)22(21)33-23;/h6-11H,5,12-15H2,1-4H3;1H. The Morgan fingerprint density at radius 3 is 2.26 bits per heavy atom. The fourth-order valence-electron chi connectivity index (χ4n) is 3.38. The molecule has 0 aliphatic heterocycles. The molecular weight excluding hydrogens is 517 g/mol. The van der Waals surface area contributed by atoms with E-state index in [2.05, 4.69) is 4.98 Å². The van der Waals surface area contributed by atoms with Gasteiger partial charge in [-0.05, 0) is 63.5 Å². The van der Waals surface area contributed by atoms with Crippen molar-refractivity contribution in [3.8, 4) is 11.5 Å². The van der Waals surface area contributed by atoms with Gasteiger partial charge in [-0.1, -0.05) is 11.3 Å². The van der Waals surface area contributed by atoms with Crippen molar-refractivity contribution >= 4 is 54.8 Å². The fraction of sp³-hybridized carbons (Fsp3) is 0.391. The Labute approximate surface area is 215 Å². The summed E-state index contributed by atoms with van der Waals surface area (Å²) in [4.78, 5) is 21.4. The third kappa shape index (κ3) is 7.03. The number of benzene rings is 2. The number of hydrogen-bond donors (Lipinski definition) is 0. The van der Waals surface area contributed by atoms with E-state index in [-0.39, 0.29) is 35.4 Å². The third-order valence-electron chi connectivity index (χ3n) is 5.18. The Hall–Kier alpha value is -2.47. The van der Waals surface area contributed by atoms with Crippen LogP contribution in [0.5, 0.6) is 11.5 Å². The van der Waals surface area contributed by atoms with Crippen LogP contribution in [0.1, 0.15) is 12.8 Å². The number of thiazole rings is 1. The molecule has 1 heterocycles. The summed E-state index contributed by atoms with van der Waals surface area (Å²) < 4.78 is 50.1. The van der Waals surface area contributed by atoms with Gasteiger partial charge in [0.1, 0.15) is 27.5 Å². The number of carbonyl (C=O) groups is 1. The largest absolute Gasteiger partial charge is 0.495 e. The third-order valence-corrected chi connectivity index (χ3v) is 8.00. The van der Waals surface area contributed by atoms with Gasteiger partial charge in [0.05, 0.1) is 24.9 Å². The van der Waals surface area contributed by atoms with Gasteiger partial charge < -0.3 is 14.4 Å². The maximum Gasteiger partial charge on any atom is 0.229 e. The fourth-order valence-corrected chi connectivity index (χ4v) is 5.73. The number of fused-ring (bicyclic) bond motifs is 1. The molecule has 1 aromatic heterocycles. The molecule has 2 aromatic carbocycles. The van der Waals surface area contributed by atoms with Crippen LogP contribution in [-0.2, 0) is 14.6 Å². The lowest BCUT2D eigenvalue weighted by atomic mass is 10.3. The molecule has 0 aliphatic carbocycles. The number of halogens is 2. The van der Waals surface area contributed by atoms with E-state index in [1.807, 2.05) is 19.0 Å². The highest BCUT2D eigenvalue weighted by molar-refractivity contribution is 7.91. The summed E-state index contributed by atoms with van der Waals surface area (Å²) in [6.07, 6.45) is 0.444. The number of nitrogens with zero attached hydrogens (tertiary/aromatic N) is 3. The van der Waals surface area contributed by atoms with Crippen molar-refractivity contribution in [2.75, 3.05) is 52.1 Å². The molecule has 0 bridgehead atoms. The van der Waals surface area contributed by atoms with E-state index in [9.17, 15) is 17.6 Å². The average Bonchev–Trinajstić information content (AvgIpc) is 3.25. The minimum absolute atomic E-state index is 0. The van der Waals surface area contributed by atoms with Gasteiger partial charge in [-0.3, -0.25) is 9.69 Å². The molecule has 0 spiro atoms. The maximum absolute atomic E-state index is 13.2. The summed E-state index contributed by atoms with van der Waals surface area (Å²) in [6, 6.07) is 8.11. The molecular formula is C23H29ClFN3O5S2. The molecule has 0 saturated carbocycles. The topological polar surface area (TPSA) is 89.0 Å². The lowest BCUT2D eigenvalue weighted by molar-refractivity contribution is -0.118. The van der Waals surface area contributed by atoms with E-state index in [4.69, 9.17) is 9.47 Å². The van der Waals surface area contributed by atoms with Crippen molar-refractivity contribution in [1.82, 2.24) is 9.88 Å². The van der Waals surface area contributed by atoms with Crippen molar-refractivity contribution in [3.05, 3.63) is 42.2 Å². The monoisotopic (exact) mass is 545 g/mol. The lowest BCUT2D eigenvalue weighted by Crippen LogP contribution is -2.34. The number of rotatable bonds is 11. The number of amides is 1. The summed E-state index contributed by atoms with van der Waals surface area (Å²) >= 11 is 1.29. The van der Waals surface area contributed by atoms with E-state index in [1.165, 1.54) is 28.4 Å². The summed E-state index contributed by atoms with van der Waals surface area (Å²) in [5.41, 5.74) is 0.575. The first kappa shape index (κ1) is 28.8. The van der Waals surface area contributed by atoms with Gasteiger partial charge in [0, 0.05) is 13.0 Å². The number of sulfone groups is 1. The van der Waals surface area contributed by atoms with E-state index in [0.29, 0.717) is 35.1 Å². The number of hydrogen-bond acceptors (Lipinski definition) is 8. The highest BCUT2D eigenvalue weighted by atomic mass is 35.5. The van der Waals surface area contributed by atoms with Gasteiger partial charge in [-0.25, -0.2) is 17.8 Å². The number of aromatic nitrogens is 1. The summed E-state index contributed by atoms with van der Waals surface area (Å²) in [5.74, 6) is -0.110. The second kappa shape index (κ2) is 12.5. The summed E-state index contributed by atoms with van der Waals surface area (Å²) in [6.45, 7) is 1.12. The number of carbonyl (C=O) groups excluding carboxylic acids is 1. The SMILES string of the molecule is COc1ccc(OC)c2sc(N(CCCN(C)C)C(=O)CCS(=O)(=O)c3ccc(F)cc3)nc12.Cl. The van der Waals surface area contributed by atoms with Crippen molar-refractivity contribution in [2.24, 2.45) is 0 Å². The number of anilines is 1. The highest BCUT2D eigenvalue weighted by Crippen LogP contribution is 2.40. The normalized spacial score (nSPS) is 11.4. The zero-order valence-electron chi connectivity index (χ0n) is 20.0. The summed E-state index contributed by atoms with van der Waals surface area (Å²) in [5, 5.41) is 0.445. The smallest absolute Gasteiger partial charge is 0.229 e. The molecule has 1 amide bonds. The van der Waals surface area contributed by atoms with Crippen LogP contribution in [0.3, 0.4) is 0 Å². The molecule has 8 nitrogen and oxygen atoms in total. The minimum atomic E-state index is -3.75. The molecule has 0 saturated heterocycles. The van der Waals surface area contributed by atoms with Crippen LogP contribution in [-0.4, -0.2) is 71.4 Å². The number of methoxy groups -OCH3 is 2. The van der Waals surface area contributed by atoms with E-state index in [1.54, 1.807) is 26.4 Å².